The van der Waals surface area contributed by atoms with E-state index in [-0.39, 0.29) is 61.1 Å². The van der Waals surface area contributed by atoms with Crippen molar-refractivity contribution >= 4 is 61.6 Å². The summed E-state index contributed by atoms with van der Waals surface area (Å²) in [5, 5.41) is 18.2. The number of aromatic amines is 1. The quantitative estimate of drug-likeness (QED) is 0.0417. The van der Waals surface area contributed by atoms with Crippen molar-refractivity contribution in [1.82, 2.24) is 39.5 Å². The molecule has 3 aromatic carbocycles. The summed E-state index contributed by atoms with van der Waals surface area (Å²) in [6.07, 6.45) is 2.50. The van der Waals surface area contributed by atoms with Crippen molar-refractivity contribution in [2.45, 2.75) is 83.7 Å². The Morgan fingerprint density at radius 1 is 0.925 bits per heavy atom. The van der Waals surface area contributed by atoms with Gasteiger partial charge in [0, 0.05) is 92.9 Å². The Labute approximate surface area is 465 Å². The molecule has 5 atom stereocenters. The number of likely N-dealkylation sites (tertiary alicyclic amines) is 1. The smallest absolute Gasteiger partial charge is 0.301 e. The molecule has 3 aliphatic rings. The maximum absolute atomic E-state index is 15.8. The molecule has 23 heteroatoms. The predicted molar refractivity (Wildman–Crippen MR) is 297 cm³/mol. The first kappa shape index (κ1) is 56.1. The molecule has 0 saturated carbocycles. The highest BCUT2D eigenvalue weighted by atomic mass is 32.2. The van der Waals surface area contributed by atoms with E-state index in [1.807, 2.05) is 86.5 Å². The number of ether oxygens (including phenoxy) is 1. The summed E-state index contributed by atoms with van der Waals surface area (Å²) >= 11 is 1.58. The summed E-state index contributed by atoms with van der Waals surface area (Å²) in [6.45, 7) is 11.8. The van der Waals surface area contributed by atoms with E-state index < -0.39 is 69.7 Å². The summed E-state index contributed by atoms with van der Waals surface area (Å²) in [4.78, 5) is 60.7. The molecule has 0 spiro atoms. The predicted octanol–water partition coefficient (Wildman–Crippen LogP) is 8.42. The number of carbonyl (C=O) groups excluding carboxylic acids is 3. The lowest BCUT2D eigenvalue weighted by molar-refractivity contribution is -0.141. The molecule has 3 fully saturated rings. The van der Waals surface area contributed by atoms with Gasteiger partial charge in [0.1, 0.15) is 29.6 Å². The molecule has 7 heterocycles. The second kappa shape index (κ2) is 23.9. The molecular weight excluding hydrogens is 1070 g/mol. The average molecular weight is 1140 g/mol. The van der Waals surface area contributed by atoms with Gasteiger partial charge in [-0.15, -0.1) is 11.3 Å². The van der Waals surface area contributed by atoms with Gasteiger partial charge in [-0.1, -0.05) is 50.2 Å². The molecular formula is C57H63F3N10O8S2. The van der Waals surface area contributed by atoms with E-state index in [2.05, 4.69) is 35.2 Å². The van der Waals surface area contributed by atoms with Crippen LogP contribution in [0.1, 0.15) is 91.4 Å². The molecule has 0 bridgehead atoms. The fraction of sp³-hybridized carbons (Fsp3) is 0.404. The van der Waals surface area contributed by atoms with Gasteiger partial charge in [-0.05, 0) is 97.8 Å². The van der Waals surface area contributed by atoms with Crippen LogP contribution >= 0.6 is 11.3 Å². The van der Waals surface area contributed by atoms with Gasteiger partial charge < -0.3 is 34.5 Å². The molecule has 3 saturated heterocycles. The number of aromatic nitrogens is 4. The lowest BCUT2D eigenvalue weighted by atomic mass is 9.91. The molecule has 80 heavy (non-hydrogen) atoms. The van der Waals surface area contributed by atoms with Crippen LogP contribution in [-0.2, 0) is 19.8 Å². The maximum atomic E-state index is 15.8. The van der Waals surface area contributed by atoms with Crippen LogP contribution in [0.4, 0.5) is 24.5 Å². The number of pyridine rings is 1. The van der Waals surface area contributed by atoms with Gasteiger partial charge in [-0.3, -0.25) is 24.0 Å². The van der Waals surface area contributed by atoms with E-state index >= 15 is 8.78 Å². The monoisotopic (exact) mass is 1140 g/mol. The number of hydrogen-bond donors (Lipinski definition) is 4. The number of rotatable bonds is 20. The molecule has 3 aliphatic heterocycles. The normalized spacial score (nSPS) is 19.0. The van der Waals surface area contributed by atoms with Gasteiger partial charge in [0.25, 0.3) is 5.88 Å². The molecule has 7 aromatic rings. The van der Waals surface area contributed by atoms with Gasteiger partial charge in [0.05, 0.1) is 46.1 Å². The summed E-state index contributed by atoms with van der Waals surface area (Å²) in [6, 6.07) is 19.7. The van der Waals surface area contributed by atoms with E-state index in [9.17, 15) is 32.3 Å². The maximum Gasteiger partial charge on any atom is 0.301 e. The van der Waals surface area contributed by atoms with E-state index in [0.29, 0.717) is 29.0 Å². The number of anilines is 2. The lowest BCUT2D eigenvalue weighted by Gasteiger charge is -2.36. The minimum atomic E-state index is -4.37. The number of thiazole rings is 1. The van der Waals surface area contributed by atoms with Gasteiger partial charge in [-0.25, -0.2) is 23.1 Å². The van der Waals surface area contributed by atoms with E-state index in [0.717, 1.165) is 95.0 Å². The van der Waals surface area contributed by atoms with Crippen LogP contribution in [0.3, 0.4) is 0 Å². The van der Waals surface area contributed by atoms with Crippen molar-refractivity contribution in [1.29, 1.82) is 0 Å². The Morgan fingerprint density at radius 2 is 1.68 bits per heavy atom. The highest BCUT2D eigenvalue weighted by molar-refractivity contribution is 7.90. The van der Waals surface area contributed by atoms with E-state index in [1.54, 1.807) is 29.7 Å². The number of piperazine rings is 1. The Kier molecular flexibility index (Phi) is 16.7. The zero-order valence-corrected chi connectivity index (χ0v) is 46.3. The number of fused-ring (bicyclic) bond motifs is 1. The van der Waals surface area contributed by atoms with Crippen molar-refractivity contribution in [3.05, 3.63) is 130 Å². The summed E-state index contributed by atoms with van der Waals surface area (Å²) < 4.78 is 85.0. The molecule has 2 amide bonds. The van der Waals surface area contributed by atoms with E-state index in [4.69, 9.17) is 9.26 Å². The Morgan fingerprint density at radius 3 is 2.38 bits per heavy atom. The minimum absolute atomic E-state index is 0.00494. The third-order valence-electron chi connectivity index (χ3n) is 15.2. The highest BCUT2D eigenvalue weighted by Gasteiger charge is 2.44. The third kappa shape index (κ3) is 12.1. The number of aryl methyl sites for hydroxylation is 1. The summed E-state index contributed by atoms with van der Waals surface area (Å²) in [5.41, 5.74) is 5.90. The SMILES string of the molecule is Cc1ncsc1-c1ccc([C@H](C)NC(=O)[C@@H]2C[C@@H](O)CN2C(=O)C(c2cc(OCCCCN3CCN(c4ccc(-c5cnc6[nH]cc(C(=O)c7c(F)ccc(NS(=O)(=O)N8CC[C@@H](F)C8)c7F)c6c5)cc4)CC3)no2)C(C)C)cc1. The lowest BCUT2D eigenvalue weighted by Crippen LogP contribution is -2.48. The number of ketones is 1. The van der Waals surface area contributed by atoms with Crippen molar-refractivity contribution in [2.75, 3.05) is 68.6 Å². The fourth-order valence-corrected chi connectivity index (χ4v) is 12.8. The highest BCUT2D eigenvalue weighted by Crippen LogP contribution is 2.35. The van der Waals surface area contributed by atoms with Crippen LogP contribution in [0.2, 0.25) is 0 Å². The number of hydrogen-bond acceptors (Lipinski definition) is 14. The fourth-order valence-electron chi connectivity index (χ4n) is 10.7. The van der Waals surface area contributed by atoms with Gasteiger partial charge in [0.2, 0.25) is 17.6 Å². The third-order valence-corrected chi connectivity index (χ3v) is 17.7. The summed E-state index contributed by atoms with van der Waals surface area (Å²) in [5.74, 6) is -4.60. The first-order valence-corrected chi connectivity index (χ1v) is 29.1. The molecule has 4 N–H and O–H groups in total. The number of H-pyrrole nitrogens is 1. The Hall–Kier alpha value is -7.18. The number of alkyl halides is 1. The largest absolute Gasteiger partial charge is 0.476 e. The minimum Gasteiger partial charge on any atom is -0.476 e. The van der Waals surface area contributed by atoms with Gasteiger partial charge in [0.15, 0.2) is 11.6 Å². The van der Waals surface area contributed by atoms with Crippen LogP contribution in [-0.4, -0.2) is 143 Å². The number of amides is 2. The molecule has 1 unspecified atom stereocenters. The van der Waals surface area contributed by atoms with Crippen LogP contribution in [0.15, 0.2) is 95.2 Å². The second-order valence-electron chi connectivity index (χ2n) is 21.0. The van der Waals surface area contributed by atoms with Crippen molar-refractivity contribution in [3.8, 4) is 27.4 Å². The molecule has 4 aromatic heterocycles. The molecule has 422 valence electrons. The average Bonchev–Trinajstić information content (AvgIpc) is 4.38. The number of aliphatic hydroxyl groups excluding tert-OH is 1. The van der Waals surface area contributed by atoms with Crippen molar-refractivity contribution in [2.24, 2.45) is 5.92 Å². The number of aliphatic hydroxyl groups is 1. The molecule has 0 radical (unpaired) electrons. The number of halogens is 3. The Bertz CT molecular complexity index is 3480. The second-order valence-corrected chi connectivity index (χ2v) is 23.5. The first-order chi connectivity index (χ1) is 38.4. The number of carbonyl (C=O) groups is 3. The molecule has 0 aliphatic carbocycles. The van der Waals surface area contributed by atoms with Crippen LogP contribution in [0.25, 0.3) is 32.6 Å². The Balaban J connectivity index is 0.678. The standard InChI is InChI=1S/C57H63F3N10O8S2/c1-33(2)50(57(74)70-31-42(71)26-47(70)56(73)64-34(3)36-7-9-38(10-8-36)54-35(4)63-32-79-54)48-27-49(65-78-48)77-24-6-5-18-67-20-22-68(23-21-67)41-13-11-37(12-14-41)39-25-43-44(29-62-55(43)61-28-39)53(72)51-45(59)15-16-46(52(51)60)66-80(75,76)69-19-17-40(58)30-69/h7-16,25,27-29,32-34,40,42,47,50,66,71H,5-6,17-24,26,30-31H2,1-4H3,(H,61,62)(H,64,73)/t34-,40+,42+,47-,50?/m0/s1. The topological polar surface area (TPSA) is 219 Å². The summed E-state index contributed by atoms with van der Waals surface area (Å²) in [7, 11) is -4.37. The van der Waals surface area contributed by atoms with Gasteiger partial charge in [-0.2, -0.15) is 12.7 Å². The number of nitrogens with one attached hydrogen (secondary N) is 3. The molecule has 18 nitrogen and oxygen atoms in total. The number of unbranched alkanes of at least 4 members (excludes halogenated alkanes) is 1. The van der Waals surface area contributed by atoms with E-state index in [1.165, 1.54) is 11.1 Å². The van der Waals surface area contributed by atoms with Crippen LogP contribution < -0.4 is 19.7 Å². The first-order valence-electron chi connectivity index (χ1n) is 26.8. The zero-order valence-electron chi connectivity index (χ0n) is 44.7. The van der Waals surface area contributed by atoms with Crippen LogP contribution in [0, 0.1) is 24.5 Å². The number of benzene rings is 3. The number of β-amino-alcohol motifs (C(OH)–C–C–N with tert-alkyl or cyclic N) is 1. The zero-order chi connectivity index (χ0) is 56.4. The molecule has 10 rings (SSSR count). The van der Waals surface area contributed by atoms with Gasteiger partial charge >= 0.3 is 10.2 Å². The van der Waals surface area contributed by atoms with Crippen LogP contribution in [0.5, 0.6) is 5.88 Å². The van der Waals surface area contributed by atoms with Crippen molar-refractivity contribution in [3.63, 3.8) is 0 Å². The van der Waals surface area contributed by atoms with Crippen molar-refractivity contribution < 1.29 is 50.3 Å². The number of nitrogens with zero attached hydrogens (tertiary/aromatic N) is 7.